The smallest absolute Gasteiger partial charge is 0.337 e. The Morgan fingerprint density at radius 3 is 2.71 bits per heavy atom. The molecule has 0 saturated heterocycles. The molecule has 1 heterocycles. The summed E-state index contributed by atoms with van der Waals surface area (Å²) < 4.78 is 2.63. The minimum atomic E-state index is -0.892. The molecule has 0 aliphatic rings. The largest absolute Gasteiger partial charge is 0.478 e. The highest BCUT2D eigenvalue weighted by Gasteiger charge is 2.14. The van der Waals surface area contributed by atoms with Gasteiger partial charge in [0.25, 0.3) is 0 Å². The average molecular weight is 336 g/mol. The van der Waals surface area contributed by atoms with Crippen molar-refractivity contribution < 1.29 is 9.90 Å². The quantitative estimate of drug-likeness (QED) is 0.851. The zero-order valence-corrected chi connectivity index (χ0v) is 10.7. The number of benzene rings is 1. The lowest BCUT2D eigenvalue weighted by atomic mass is 10.2. The number of carbonyl (C=O) groups is 1. The van der Waals surface area contributed by atoms with Crippen molar-refractivity contribution in [1.29, 1.82) is 0 Å². The van der Waals surface area contributed by atoms with Crippen LogP contribution in [0.4, 0.5) is 0 Å². The molecule has 2 aromatic rings. The molecule has 1 N–H and O–H groups in total. The van der Waals surface area contributed by atoms with Gasteiger partial charge in [-0.3, -0.25) is 0 Å². The molecule has 0 aliphatic carbocycles. The third-order valence-corrected chi connectivity index (χ3v) is 5.37. The Balaban J connectivity index is 2.88. The second-order valence-electron chi connectivity index (χ2n) is 2.68. The minimum absolute atomic E-state index is 0.346. The molecular weight excluding hydrogens is 332 g/mol. The first kappa shape index (κ1) is 10.1. The van der Waals surface area contributed by atoms with E-state index in [0.29, 0.717) is 5.56 Å². The molecule has 2 rings (SSSR count). The number of hydrogen-bond acceptors (Lipinski definition) is 2. The van der Waals surface area contributed by atoms with Crippen LogP contribution in [0.3, 0.4) is 0 Å². The molecule has 0 spiro atoms. The van der Waals surface area contributed by atoms with E-state index in [4.69, 9.17) is 5.11 Å². The van der Waals surface area contributed by atoms with E-state index < -0.39 is 5.97 Å². The van der Waals surface area contributed by atoms with Crippen molar-refractivity contribution in [3.8, 4) is 0 Å². The molecule has 0 atom stereocenters. The Labute approximate surface area is 101 Å². The predicted octanol–water partition coefficient (Wildman–Crippen LogP) is 4.12. The molecule has 0 aliphatic heterocycles. The normalized spacial score (nSPS) is 10.7. The molecule has 1 aromatic carbocycles. The van der Waals surface area contributed by atoms with Crippen LogP contribution in [0, 0.1) is 0 Å². The zero-order valence-electron chi connectivity index (χ0n) is 6.75. The second kappa shape index (κ2) is 3.64. The van der Waals surface area contributed by atoms with Crippen LogP contribution in [-0.2, 0) is 0 Å². The Hall–Kier alpha value is -0.390. The van der Waals surface area contributed by atoms with Crippen molar-refractivity contribution in [2.45, 2.75) is 0 Å². The van der Waals surface area contributed by atoms with Crippen molar-refractivity contribution in [2.75, 3.05) is 0 Å². The SMILES string of the molecule is O=C(O)c1cccc2c(Br)c(Br)sc12. The maximum absolute atomic E-state index is 10.9. The van der Waals surface area contributed by atoms with E-state index >= 15 is 0 Å². The maximum Gasteiger partial charge on any atom is 0.337 e. The van der Waals surface area contributed by atoms with Gasteiger partial charge >= 0.3 is 5.97 Å². The van der Waals surface area contributed by atoms with Gasteiger partial charge in [-0.15, -0.1) is 11.3 Å². The summed E-state index contributed by atoms with van der Waals surface area (Å²) in [4.78, 5) is 10.9. The first-order chi connectivity index (χ1) is 6.61. The van der Waals surface area contributed by atoms with E-state index in [0.717, 1.165) is 18.3 Å². The van der Waals surface area contributed by atoms with E-state index in [2.05, 4.69) is 31.9 Å². The number of rotatable bonds is 1. The lowest BCUT2D eigenvalue weighted by Crippen LogP contribution is -1.94. The summed E-state index contributed by atoms with van der Waals surface area (Å²) in [5.74, 6) is -0.892. The fraction of sp³-hybridized carbons (Fsp3) is 0. The summed E-state index contributed by atoms with van der Waals surface area (Å²) in [5.41, 5.74) is 0.346. The number of hydrogen-bond donors (Lipinski definition) is 1. The Morgan fingerprint density at radius 1 is 1.36 bits per heavy atom. The number of aromatic carboxylic acids is 1. The molecule has 14 heavy (non-hydrogen) atoms. The van der Waals surface area contributed by atoms with Gasteiger partial charge in [-0.05, 0) is 37.9 Å². The zero-order chi connectivity index (χ0) is 10.3. The highest BCUT2D eigenvalue weighted by molar-refractivity contribution is 9.13. The van der Waals surface area contributed by atoms with Gasteiger partial charge < -0.3 is 5.11 Å². The van der Waals surface area contributed by atoms with Gasteiger partial charge in [-0.1, -0.05) is 12.1 Å². The van der Waals surface area contributed by atoms with E-state index in [1.54, 1.807) is 12.1 Å². The van der Waals surface area contributed by atoms with Crippen LogP contribution in [0.15, 0.2) is 26.5 Å². The number of fused-ring (bicyclic) bond motifs is 1. The predicted molar refractivity (Wildman–Crippen MR) is 64.2 cm³/mol. The summed E-state index contributed by atoms with van der Waals surface area (Å²) >= 11 is 8.20. The van der Waals surface area contributed by atoms with Crippen LogP contribution < -0.4 is 0 Å². The standard InChI is InChI=1S/C9H4Br2O2S/c10-6-4-2-1-3-5(9(12)13)7(4)14-8(6)11/h1-3H,(H,12,13). The molecule has 0 bridgehead atoms. The number of carboxylic acids is 1. The summed E-state index contributed by atoms with van der Waals surface area (Å²) in [5, 5.41) is 9.89. The van der Waals surface area contributed by atoms with Crippen LogP contribution in [0.1, 0.15) is 10.4 Å². The van der Waals surface area contributed by atoms with E-state index in [1.165, 1.54) is 11.3 Å². The summed E-state index contributed by atoms with van der Waals surface area (Å²) in [6, 6.07) is 5.25. The monoisotopic (exact) mass is 334 g/mol. The van der Waals surface area contributed by atoms with Crippen molar-refractivity contribution in [3.63, 3.8) is 0 Å². The van der Waals surface area contributed by atoms with Gasteiger partial charge in [-0.25, -0.2) is 4.79 Å². The molecule has 2 nitrogen and oxygen atoms in total. The van der Waals surface area contributed by atoms with Gasteiger partial charge in [0.05, 0.1) is 18.5 Å². The topological polar surface area (TPSA) is 37.3 Å². The lowest BCUT2D eigenvalue weighted by Gasteiger charge is -1.95. The van der Waals surface area contributed by atoms with Crippen LogP contribution in [0.25, 0.3) is 10.1 Å². The first-order valence-corrected chi connectivity index (χ1v) is 6.11. The molecular formula is C9H4Br2O2S. The number of halogens is 2. The van der Waals surface area contributed by atoms with E-state index in [9.17, 15) is 4.79 Å². The molecule has 0 amide bonds. The van der Waals surface area contributed by atoms with E-state index in [1.807, 2.05) is 6.07 Å². The summed E-state index contributed by atoms with van der Waals surface area (Å²) in [7, 11) is 0. The second-order valence-corrected chi connectivity index (χ2v) is 5.81. The minimum Gasteiger partial charge on any atom is -0.478 e. The maximum atomic E-state index is 10.9. The summed E-state index contributed by atoms with van der Waals surface area (Å²) in [6.45, 7) is 0. The van der Waals surface area contributed by atoms with Gasteiger partial charge in [-0.2, -0.15) is 0 Å². The van der Waals surface area contributed by atoms with Crippen molar-refractivity contribution >= 4 is 59.3 Å². The van der Waals surface area contributed by atoms with Gasteiger partial charge in [0.15, 0.2) is 0 Å². The van der Waals surface area contributed by atoms with Gasteiger partial charge in [0, 0.05) is 5.39 Å². The number of carboxylic acid groups (broad SMARTS) is 1. The highest BCUT2D eigenvalue weighted by atomic mass is 79.9. The third-order valence-electron chi connectivity index (χ3n) is 1.85. The molecule has 1 aromatic heterocycles. The first-order valence-electron chi connectivity index (χ1n) is 3.71. The fourth-order valence-corrected chi connectivity index (χ4v) is 3.56. The average Bonchev–Trinajstić information content (AvgIpc) is 2.43. The van der Waals surface area contributed by atoms with Crippen LogP contribution in [-0.4, -0.2) is 11.1 Å². The Bertz CT molecular complexity index is 519. The molecule has 0 fully saturated rings. The van der Waals surface area contributed by atoms with Crippen molar-refractivity contribution in [1.82, 2.24) is 0 Å². The molecule has 0 saturated carbocycles. The molecule has 5 heteroatoms. The highest BCUT2D eigenvalue weighted by Crippen LogP contribution is 2.40. The van der Waals surface area contributed by atoms with Crippen LogP contribution in [0.2, 0.25) is 0 Å². The van der Waals surface area contributed by atoms with E-state index in [-0.39, 0.29) is 0 Å². The van der Waals surface area contributed by atoms with Crippen molar-refractivity contribution in [3.05, 3.63) is 32.0 Å². The third kappa shape index (κ3) is 1.49. The van der Waals surface area contributed by atoms with Crippen LogP contribution >= 0.6 is 43.2 Å². The Kier molecular flexibility index (Phi) is 2.64. The van der Waals surface area contributed by atoms with Gasteiger partial charge in [0.2, 0.25) is 0 Å². The summed E-state index contributed by atoms with van der Waals surface area (Å²) in [6.07, 6.45) is 0. The molecule has 0 radical (unpaired) electrons. The molecule has 0 unspecified atom stereocenters. The lowest BCUT2D eigenvalue weighted by molar-refractivity contribution is 0.0699. The van der Waals surface area contributed by atoms with Crippen molar-refractivity contribution in [2.24, 2.45) is 0 Å². The Morgan fingerprint density at radius 2 is 2.07 bits per heavy atom. The fourth-order valence-electron chi connectivity index (χ4n) is 1.23. The van der Waals surface area contributed by atoms with Crippen LogP contribution in [0.5, 0.6) is 0 Å². The number of thiophene rings is 1. The van der Waals surface area contributed by atoms with Gasteiger partial charge in [0.1, 0.15) is 0 Å². The molecule has 72 valence electrons.